The molecule has 26 heavy (non-hydrogen) atoms. The Morgan fingerprint density at radius 1 is 1.08 bits per heavy atom. The van der Waals surface area contributed by atoms with Crippen molar-refractivity contribution in [2.75, 3.05) is 38.2 Å². The molecule has 134 valence electrons. The monoisotopic (exact) mass is 353 g/mol. The molecule has 1 aromatic heterocycles. The summed E-state index contributed by atoms with van der Waals surface area (Å²) in [7, 11) is 1.66. The van der Waals surface area contributed by atoms with Gasteiger partial charge < -0.3 is 19.5 Å². The van der Waals surface area contributed by atoms with Gasteiger partial charge in [-0.05, 0) is 30.3 Å². The number of nitrogens with one attached hydrogen (secondary N) is 1. The number of hydrogen-bond donors (Lipinski definition) is 1. The zero-order valence-electron chi connectivity index (χ0n) is 14.5. The maximum atomic E-state index is 13.9. The van der Waals surface area contributed by atoms with Crippen LogP contribution >= 0.6 is 0 Å². The number of H-pyrrole nitrogens is 1. The highest BCUT2D eigenvalue weighted by molar-refractivity contribution is 5.98. The molecule has 3 aromatic rings. The molecule has 6 heteroatoms. The number of amides is 1. The van der Waals surface area contributed by atoms with Crippen molar-refractivity contribution in [3.63, 3.8) is 0 Å². The lowest BCUT2D eigenvalue weighted by Gasteiger charge is -2.36. The highest BCUT2D eigenvalue weighted by atomic mass is 19.1. The van der Waals surface area contributed by atoms with E-state index in [2.05, 4.69) is 9.88 Å². The molecule has 5 nitrogen and oxygen atoms in total. The smallest absolute Gasteiger partial charge is 0.270 e. The molecule has 1 saturated heterocycles. The van der Waals surface area contributed by atoms with Crippen LogP contribution in [0, 0.1) is 5.82 Å². The van der Waals surface area contributed by atoms with Crippen LogP contribution in [0.5, 0.6) is 5.75 Å². The van der Waals surface area contributed by atoms with Crippen LogP contribution in [0.25, 0.3) is 10.9 Å². The average molecular weight is 353 g/mol. The van der Waals surface area contributed by atoms with E-state index in [1.54, 1.807) is 30.2 Å². The summed E-state index contributed by atoms with van der Waals surface area (Å²) < 4.78 is 19.3. The first kappa shape index (κ1) is 16.4. The van der Waals surface area contributed by atoms with Gasteiger partial charge in [0.2, 0.25) is 0 Å². The zero-order valence-corrected chi connectivity index (χ0v) is 14.5. The summed E-state index contributed by atoms with van der Waals surface area (Å²) in [6, 6.07) is 14.3. The standard InChI is InChI=1S/C20H20FN3O2/c1-26-19-8-3-2-7-18(19)23-9-11-24(12-10-23)20(25)17-13-14-15(21)5-4-6-16(14)22-17/h2-8,13,22H,9-12H2,1H3. The predicted octanol–water partition coefficient (Wildman–Crippen LogP) is 3.28. The SMILES string of the molecule is COc1ccccc1N1CCN(C(=O)c2cc3c(F)cccc3[nH]2)CC1. The average Bonchev–Trinajstić information content (AvgIpc) is 3.13. The van der Waals surface area contributed by atoms with Crippen LogP contribution in [-0.4, -0.2) is 49.1 Å². The Morgan fingerprint density at radius 2 is 1.85 bits per heavy atom. The molecule has 0 atom stereocenters. The van der Waals surface area contributed by atoms with Crippen LogP contribution in [0.15, 0.2) is 48.5 Å². The van der Waals surface area contributed by atoms with Crippen molar-refractivity contribution in [2.24, 2.45) is 0 Å². The maximum Gasteiger partial charge on any atom is 0.270 e. The van der Waals surface area contributed by atoms with Crippen LogP contribution in [-0.2, 0) is 0 Å². The number of carbonyl (C=O) groups excluding carboxylic acids is 1. The number of halogens is 1. The minimum Gasteiger partial charge on any atom is -0.495 e. The van der Waals surface area contributed by atoms with Gasteiger partial charge in [0.1, 0.15) is 17.3 Å². The third-order valence-electron chi connectivity index (χ3n) is 4.83. The van der Waals surface area contributed by atoms with E-state index in [1.807, 2.05) is 24.3 Å². The lowest BCUT2D eigenvalue weighted by Crippen LogP contribution is -2.49. The molecule has 2 aromatic carbocycles. The summed E-state index contributed by atoms with van der Waals surface area (Å²) in [4.78, 5) is 19.8. The highest BCUT2D eigenvalue weighted by Crippen LogP contribution is 2.28. The minimum atomic E-state index is -0.321. The summed E-state index contributed by atoms with van der Waals surface area (Å²) >= 11 is 0. The van der Waals surface area contributed by atoms with Crippen LogP contribution in [0.4, 0.5) is 10.1 Å². The third-order valence-corrected chi connectivity index (χ3v) is 4.83. The van der Waals surface area contributed by atoms with Gasteiger partial charge in [0.05, 0.1) is 12.8 Å². The van der Waals surface area contributed by atoms with Gasteiger partial charge in [-0.2, -0.15) is 0 Å². The number of aromatic amines is 1. The number of anilines is 1. The molecule has 1 fully saturated rings. The van der Waals surface area contributed by atoms with Gasteiger partial charge in [0.15, 0.2) is 0 Å². The molecule has 0 saturated carbocycles. The number of nitrogens with zero attached hydrogens (tertiary/aromatic N) is 2. The fourth-order valence-corrected chi connectivity index (χ4v) is 3.45. The summed E-state index contributed by atoms with van der Waals surface area (Å²) in [6.07, 6.45) is 0. The number of ether oxygens (including phenoxy) is 1. The molecular formula is C20H20FN3O2. The summed E-state index contributed by atoms with van der Waals surface area (Å²) in [5.41, 5.74) is 2.10. The molecule has 2 heterocycles. The second kappa shape index (κ2) is 6.71. The number of para-hydroxylation sites is 2. The number of carbonyl (C=O) groups is 1. The Hall–Kier alpha value is -3.02. The largest absolute Gasteiger partial charge is 0.495 e. The fraction of sp³-hybridized carbons (Fsp3) is 0.250. The second-order valence-corrected chi connectivity index (χ2v) is 6.34. The number of methoxy groups -OCH3 is 1. The lowest BCUT2D eigenvalue weighted by molar-refractivity contribution is 0.0742. The molecule has 4 rings (SSSR count). The molecule has 0 aliphatic carbocycles. The van der Waals surface area contributed by atoms with Crippen molar-refractivity contribution in [3.8, 4) is 5.75 Å². The first-order chi connectivity index (χ1) is 12.7. The van der Waals surface area contributed by atoms with Crippen molar-refractivity contribution in [1.82, 2.24) is 9.88 Å². The van der Waals surface area contributed by atoms with Crippen LogP contribution in [0.2, 0.25) is 0 Å². The first-order valence-corrected chi connectivity index (χ1v) is 8.62. The Morgan fingerprint density at radius 3 is 2.58 bits per heavy atom. The molecule has 0 radical (unpaired) electrons. The lowest BCUT2D eigenvalue weighted by atomic mass is 10.2. The first-order valence-electron chi connectivity index (χ1n) is 8.62. The van der Waals surface area contributed by atoms with E-state index >= 15 is 0 Å². The Bertz CT molecular complexity index is 945. The number of aromatic nitrogens is 1. The molecule has 0 bridgehead atoms. The van der Waals surface area contributed by atoms with E-state index in [9.17, 15) is 9.18 Å². The van der Waals surface area contributed by atoms with Gasteiger partial charge in [-0.25, -0.2) is 4.39 Å². The van der Waals surface area contributed by atoms with Gasteiger partial charge in [-0.3, -0.25) is 4.79 Å². The Kier molecular flexibility index (Phi) is 4.24. The van der Waals surface area contributed by atoms with Gasteiger partial charge in [0, 0.05) is 37.1 Å². The maximum absolute atomic E-state index is 13.9. The molecular weight excluding hydrogens is 333 g/mol. The highest BCUT2D eigenvalue weighted by Gasteiger charge is 2.24. The quantitative estimate of drug-likeness (QED) is 0.786. The number of fused-ring (bicyclic) bond motifs is 1. The Balaban J connectivity index is 1.48. The number of benzene rings is 2. The number of piperazine rings is 1. The van der Waals surface area contributed by atoms with Crippen molar-refractivity contribution in [2.45, 2.75) is 0 Å². The van der Waals surface area contributed by atoms with Gasteiger partial charge in [0.25, 0.3) is 5.91 Å². The number of hydrogen-bond acceptors (Lipinski definition) is 3. The van der Waals surface area contributed by atoms with Crippen molar-refractivity contribution in [1.29, 1.82) is 0 Å². The normalized spacial score (nSPS) is 14.7. The predicted molar refractivity (Wildman–Crippen MR) is 99.4 cm³/mol. The molecule has 1 aliphatic rings. The molecule has 1 aliphatic heterocycles. The van der Waals surface area contributed by atoms with Crippen molar-refractivity contribution < 1.29 is 13.9 Å². The zero-order chi connectivity index (χ0) is 18.1. The van der Waals surface area contributed by atoms with Crippen LogP contribution in [0.1, 0.15) is 10.5 Å². The number of rotatable bonds is 3. The van der Waals surface area contributed by atoms with E-state index in [-0.39, 0.29) is 11.7 Å². The van der Waals surface area contributed by atoms with Gasteiger partial charge >= 0.3 is 0 Å². The van der Waals surface area contributed by atoms with Crippen molar-refractivity contribution >= 4 is 22.5 Å². The molecule has 0 unspecified atom stereocenters. The van der Waals surface area contributed by atoms with Gasteiger partial charge in [-0.15, -0.1) is 0 Å². The van der Waals surface area contributed by atoms with Gasteiger partial charge in [-0.1, -0.05) is 18.2 Å². The summed E-state index contributed by atoms with van der Waals surface area (Å²) in [5.74, 6) is 0.414. The second-order valence-electron chi connectivity index (χ2n) is 6.34. The topological polar surface area (TPSA) is 48.6 Å². The van der Waals surface area contributed by atoms with Crippen LogP contribution in [0.3, 0.4) is 0 Å². The van der Waals surface area contributed by atoms with Crippen LogP contribution < -0.4 is 9.64 Å². The molecule has 0 spiro atoms. The molecule has 1 amide bonds. The van der Waals surface area contributed by atoms with E-state index in [0.29, 0.717) is 29.7 Å². The van der Waals surface area contributed by atoms with E-state index in [0.717, 1.165) is 24.5 Å². The van der Waals surface area contributed by atoms with E-state index in [1.165, 1.54) is 6.07 Å². The summed E-state index contributed by atoms with van der Waals surface area (Å²) in [6.45, 7) is 2.66. The van der Waals surface area contributed by atoms with E-state index < -0.39 is 0 Å². The fourth-order valence-electron chi connectivity index (χ4n) is 3.45. The van der Waals surface area contributed by atoms with Crippen molar-refractivity contribution in [3.05, 3.63) is 60.0 Å². The van der Waals surface area contributed by atoms with E-state index in [4.69, 9.17) is 4.74 Å². The Labute approximate surface area is 151 Å². The summed E-state index contributed by atoms with van der Waals surface area (Å²) in [5, 5.41) is 0.448. The third kappa shape index (κ3) is 2.87. The minimum absolute atomic E-state index is 0.0970. The molecule has 1 N–H and O–H groups in total.